The molecule has 1 atom stereocenters. The zero-order chi connectivity index (χ0) is 13.7. The summed E-state index contributed by atoms with van der Waals surface area (Å²) in [6, 6.07) is 2.76. The minimum absolute atomic E-state index is 0.507. The van der Waals surface area contributed by atoms with E-state index in [4.69, 9.17) is 0 Å². The number of aromatic nitrogens is 2. The third-order valence-corrected chi connectivity index (χ3v) is 4.87. The number of rotatable bonds is 7. The van der Waals surface area contributed by atoms with Gasteiger partial charge in [-0.1, -0.05) is 26.7 Å². The Morgan fingerprint density at radius 2 is 2.11 bits per heavy atom. The van der Waals surface area contributed by atoms with E-state index < -0.39 is 0 Å². The van der Waals surface area contributed by atoms with Crippen molar-refractivity contribution < 1.29 is 0 Å². The smallest absolute Gasteiger partial charge is 0.0640 e. The average molecular weight is 263 g/mol. The van der Waals surface area contributed by atoms with Gasteiger partial charge in [-0.15, -0.1) is 0 Å². The number of hydrogen-bond acceptors (Lipinski definition) is 2. The molecule has 0 radical (unpaired) electrons. The molecule has 3 heteroatoms. The fraction of sp³-hybridized carbons (Fsp3) is 0.812. The molecule has 1 aliphatic rings. The van der Waals surface area contributed by atoms with Gasteiger partial charge in [-0.25, -0.2) is 0 Å². The van der Waals surface area contributed by atoms with Crippen molar-refractivity contribution >= 4 is 0 Å². The second-order valence-electron chi connectivity index (χ2n) is 6.11. The first-order valence-corrected chi connectivity index (χ1v) is 7.92. The van der Waals surface area contributed by atoms with E-state index in [0.717, 1.165) is 13.0 Å². The van der Waals surface area contributed by atoms with Crippen molar-refractivity contribution in [2.75, 3.05) is 6.54 Å². The molecule has 0 saturated heterocycles. The molecule has 1 heterocycles. The van der Waals surface area contributed by atoms with E-state index >= 15 is 0 Å². The fourth-order valence-corrected chi connectivity index (χ4v) is 3.63. The van der Waals surface area contributed by atoms with Gasteiger partial charge >= 0.3 is 0 Å². The number of hydrogen-bond donors (Lipinski definition) is 1. The molecule has 1 fully saturated rings. The van der Waals surface area contributed by atoms with Crippen molar-refractivity contribution in [2.24, 2.45) is 12.5 Å². The number of nitrogens with one attached hydrogen (secondary N) is 1. The number of aryl methyl sites for hydroxylation is 1. The van der Waals surface area contributed by atoms with Crippen molar-refractivity contribution in [1.82, 2.24) is 15.1 Å². The third kappa shape index (κ3) is 3.38. The van der Waals surface area contributed by atoms with E-state index in [0.29, 0.717) is 11.5 Å². The lowest BCUT2D eigenvalue weighted by Gasteiger charge is -2.37. The van der Waals surface area contributed by atoms with Gasteiger partial charge in [0, 0.05) is 25.7 Å². The van der Waals surface area contributed by atoms with Crippen LogP contribution in [0.4, 0.5) is 0 Å². The molecule has 0 amide bonds. The van der Waals surface area contributed by atoms with Crippen LogP contribution >= 0.6 is 0 Å². The maximum absolute atomic E-state index is 4.57. The van der Waals surface area contributed by atoms with Crippen LogP contribution in [0, 0.1) is 5.41 Å². The van der Waals surface area contributed by atoms with Crippen molar-refractivity contribution in [3.8, 4) is 0 Å². The predicted octanol–water partition coefficient (Wildman–Crippen LogP) is 3.30. The van der Waals surface area contributed by atoms with Crippen molar-refractivity contribution in [3.63, 3.8) is 0 Å². The number of nitrogens with zero attached hydrogens (tertiary/aromatic N) is 2. The van der Waals surface area contributed by atoms with Crippen LogP contribution in [0.1, 0.15) is 58.1 Å². The Morgan fingerprint density at radius 3 is 2.63 bits per heavy atom. The topological polar surface area (TPSA) is 29.9 Å². The van der Waals surface area contributed by atoms with Crippen LogP contribution in [-0.2, 0) is 13.5 Å². The van der Waals surface area contributed by atoms with Gasteiger partial charge in [0.25, 0.3) is 0 Å². The highest BCUT2D eigenvalue weighted by Gasteiger charge is 2.39. The van der Waals surface area contributed by atoms with E-state index in [9.17, 15) is 0 Å². The van der Waals surface area contributed by atoms with Gasteiger partial charge < -0.3 is 5.32 Å². The monoisotopic (exact) mass is 263 g/mol. The van der Waals surface area contributed by atoms with E-state index in [1.165, 1.54) is 44.2 Å². The van der Waals surface area contributed by atoms with Crippen LogP contribution < -0.4 is 5.32 Å². The molecule has 1 unspecified atom stereocenters. The molecule has 1 aliphatic carbocycles. The minimum atomic E-state index is 0.507. The highest BCUT2D eigenvalue weighted by Crippen LogP contribution is 2.44. The Hall–Kier alpha value is -0.830. The summed E-state index contributed by atoms with van der Waals surface area (Å²) in [5.74, 6) is 0. The van der Waals surface area contributed by atoms with Gasteiger partial charge in [0.05, 0.1) is 5.69 Å². The molecule has 2 rings (SSSR count). The third-order valence-electron chi connectivity index (χ3n) is 4.87. The van der Waals surface area contributed by atoms with Crippen molar-refractivity contribution in [3.05, 3.63) is 18.0 Å². The molecule has 19 heavy (non-hydrogen) atoms. The highest BCUT2D eigenvalue weighted by atomic mass is 15.2. The average Bonchev–Trinajstić information content (AvgIpc) is 3.04. The predicted molar refractivity (Wildman–Crippen MR) is 80.2 cm³/mol. The van der Waals surface area contributed by atoms with Crippen LogP contribution in [0.15, 0.2) is 12.3 Å². The molecule has 0 bridgehead atoms. The molecule has 108 valence electrons. The van der Waals surface area contributed by atoms with Gasteiger partial charge in [-0.3, -0.25) is 4.68 Å². The first kappa shape index (κ1) is 14.6. The van der Waals surface area contributed by atoms with Crippen LogP contribution in [0.25, 0.3) is 0 Å². The summed E-state index contributed by atoms with van der Waals surface area (Å²) >= 11 is 0. The highest BCUT2D eigenvalue weighted by molar-refractivity contribution is 5.06. The van der Waals surface area contributed by atoms with Crippen LogP contribution in [0.2, 0.25) is 0 Å². The molecule has 1 saturated carbocycles. The first-order valence-electron chi connectivity index (χ1n) is 7.92. The van der Waals surface area contributed by atoms with Gasteiger partial charge in [0.1, 0.15) is 0 Å². The van der Waals surface area contributed by atoms with Gasteiger partial charge in [0.15, 0.2) is 0 Å². The molecule has 0 aromatic carbocycles. The Bertz CT molecular complexity index is 377. The molecule has 0 spiro atoms. The van der Waals surface area contributed by atoms with E-state index in [1.807, 2.05) is 11.7 Å². The lowest BCUT2D eigenvalue weighted by Crippen LogP contribution is -2.45. The van der Waals surface area contributed by atoms with Crippen molar-refractivity contribution in [2.45, 2.75) is 64.8 Å². The van der Waals surface area contributed by atoms with Crippen LogP contribution in [0.3, 0.4) is 0 Å². The lowest BCUT2D eigenvalue weighted by molar-refractivity contribution is 0.183. The quantitative estimate of drug-likeness (QED) is 0.818. The molecular formula is C16H29N3. The van der Waals surface area contributed by atoms with Crippen molar-refractivity contribution in [1.29, 1.82) is 0 Å². The Balaban J connectivity index is 2.10. The zero-order valence-corrected chi connectivity index (χ0v) is 12.8. The second-order valence-corrected chi connectivity index (χ2v) is 6.11. The van der Waals surface area contributed by atoms with Crippen LogP contribution in [-0.4, -0.2) is 22.4 Å². The van der Waals surface area contributed by atoms with Gasteiger partial charge in [-0.2, -0.15) is 5.10 Å². The molecule has 3 nitrogen and oxygen atoms in total. The summed E-state index contributed by atoms with van der Waals surface area (Å²) in [6.07, 6.45) is 11.2. The van der Waals surface area contributed by atoms with E-state index in [2.05, 4.69) is 36.5 Å². The summed E-state index contributed by atoms with van der Waals surface area (Å²) in [4.78, 5) is 0. The first-order chi connectivity index (χ1) is 9.20. The summed E-state index contributed by atoms with van der Waals surface area (Å²) in [5, 5.41) is 8.38. The standard InChI is InChI=1S/C16H29N3/c1-4-11-17-15(13-14-8-12-19(3)18-14)16(5-2)9-6-7-10-16/h8,12,15,17H,4-7,9-11,13H2,1-3H3. The largest absolute Gasteiger partial charge is 0.313 e. The zero-order valence-electron chi connectivity index (χ0n) is 12.8. The van der Waals surface area contributed by atoms with E-state index in [1.54, 1.807) is 0 Å². The Kier molecular flexibility index (Phi) is 5.03. The van der Waals surface area contributed by atoms with Gasteiger partial charge in [0.2, 0.25) is 0 Å². The summed E-state index contributed by atoms with van der Waals surface area (Å²) in [6.45, 7) is 5.74. The second kappa shape index (κ2) is 6.56. The Labute approximate surface area is 117 Å². The Morgan fingerprint density at radius 1 is 1.37 bits per heavy atom. The fourth-order valence-electron chi connectivity index (χ4n) is 3.63. The summed E-state index contributed by atoms with van der Waals surface area (Å²) in [7, 11) is 2.00. The van der Waals surface area contributed by atoms with Crippen LogP contribution in [0.5, 0.6) is 0 Å². The SMILES string of the molecule is CCCNC(Cc1ccn(C)n1)C1(CC)CCCC1. The maximum Gasteiger partial charge on any atom is 0.0640 e. The molecule has 1 aromatic heterocycles. The van der Waals surface area contributed by atoms with Gasteiger partial charge in [-0.05, 0) is 43.7 Å². The lowest BCUT2D eigenvalue weighted by atomic mass is 9.74. The molecular weight excluding hydrogens is 234 g/mol. The minimum Gasteiger partial charge on any atom is -0.313 e. The maximum atomic E-state index is 4.57. The summed E-state index contributed by atoms with van der Waals surface area (Å²) < 4.78 is 1.92. The molecule has 1 N–H and O–H groups in total. The van der Waals surface area contributed by atoms with E-state index in [-0.39, 0.29) is 0 Å². The summed E-state index contributed by atoms with van der Waals surface area (Å²) in [5.41, 5.74) is 1.74. The molecule has 1 aromatic rings. The molecule has 0 aliphatic heterocycles. The normalized spacial score (nSPS) is 19.7.